The monoisotopic (exact) mass is 269 g/mol. The number of hydrogen-bond donors (Lipinski definition) is 2. The standard InChI is InChI=1S/C13H23N3O3/c1-9-6-10(16-19-9)13(5,7-14)8-15-11(17)18-12(2,3)4/h6H,7-8,14H2,1-5H3,(H,15,17). The second-order valence-corrected chi connectivity index (χ2v) is 5.94. The molecule has 1 unspecified atom stereocenters. The summed E-state index contributed by atoms with van der Waals surface area (Å²) in [5, 5.41) is 6.68. The van der Waals surface area contributed by atoms with Gasteiger partial charge in [-0.15, -0.1) is 0 Å². The molecule has 1 heterocycles. The lowest BCUT2D eigenvalue weighted by molar-refractivity contribution is 0.0516. The van der Waals surface area contributed by atoms with Crippen molar-refractivity contribution in [1.29, 1.82) is 0 Å². The van der Waals surface area contributed by atoms with Gasteiger partial charge >= 0.3 is 6.09 Å². The molecular weight excluding hydrogens is 246 g/mol. The van der Waals surface area contributed by atoms with Gasteiger partial charge in [-0.2, -0.15) is 0 Å². The van der Waals surface area contributed by atoms with Crippen LogP contribution in [0.3, 0.4) is 0 Å². The van der Waals surface area contributed by atoms with Crippen molar-refractivity contribution in [3.8, 4) is 0 Å². The molecule has 6 nitrogen and oxygen atoms in total. The molecule has 1 aromatic heterocycles. The van der Waals surface area contributed by atoms with Crippen LogP contribution in [-0.4, -0.2) is 29.9 Å². The van der Waals surface area contributed by atoms with E-state index < -0.39 is 17.1 Å². The van der Waals surface area contributed by atoms with E-state index in [1.165, 1.54) is 0 Å². The van der Waals surface area contributed by atoms with Gasteiger partial charge in [-0.3, -0.25) is 0 Å². The van der Waals surface area contributed by atoms with Crippen molar-refractivity contribution in [2.75, 3.05) is 13.1 Å². The van der Waals surface area contributed by atoms with Gasteiger partial charge in [0.1, 0.15) is 11.4 Å². The Kier molecular flexibility index (Phi) is 4.57. The highest BCUT2D eigenvalue weighted by Crippen LogP contribution is 2.21. The minimum absolute atomic E-state index is 0.338. The number of alkyl carbamates (subject to hydrolysis) is 1. The molecule has 0 aliphatic rings. The molecule has 0 aliphatic heterocycles. The van der Waals surface area contributed by atoms with E-state index in [1.54, 1.807) is 0 Å². The molecule has 1 atom stereocenters. The van der Waals surface area contributed by atoms with Crippen LogP contribution in [0.4, 0.5) is 4.79 Å². The van der Waals surface area contributed by atoms with Crippen LogP contribution in [-0.2, 0) is 10.2 Å². The lowest BCUT2D eigenvalue weighted by Gasteiger charge is -2.27. The molecule has 1 amide bonds. The smallest absolute Gasteiger partial charge is 0.407 e. The van der Waals surface area contributed by atoms with Crippen molar-refractivity contribution in [2.24, 2.45) is 5.73 Å². The summed E-state index contributed by atoms with van der Waals surface area (Å²) in [6.07, 6.45) is -0.465. The van der Waals surface area contributed by atoms with E-state index in [0.29, 0.717) is 18.8 Å². The van der Waals surface area contributed by atoms with Gasteiger partial charge < -0.3 is 20.3 Å². The number of ether oxygens (including phenoxy) is 1. The first kappa shape index (κ1) is 15.5. The van der Waals surface area contributed by atoms with Crippen LogP contribution in [0.25, 0.3) is 0 Å². The second kappa shape index (κ2) is 5.61. The Morgan fingerprint density at radius 2 is 2.11 bits per heavy atom. The van der Waals surface area contributed by atoms with Crippen molar-refractivity contribution in [2.45, 2.75) is 45.6 Å². The fraction of sp³-hybridized carbons (Fsp3) is 0.692. The Labute approximate surface area is 113 Å². The van der Waals surface area contributed by atoms with E-state index in [0.717, 1.165) is 5.69 Å². The molecule has 0 aromatic carbocycles. The number of aryl methyl sites for hydroxylation is 1. The molecule has 1 aromatic rings. The summed E-state index contributed by atoms with van der Waals surface area (Å²) in [6.45, 7) is 9.86. The lowest BCUT2D eigenvalue weighted by atomic mass is 9.86. The van der Waals surface area contributed by atoms with Crippen LogP contribution in [0.5, 0.6) is 0 Å². The maximum atomic E-state index is 11.6. The minimum Gasteiger partial charge on any atom is -0.444 e. The molecule has 0 bridgehead atoms. The van der Waals surface area contributed by atoms with Gasteiger partial charge in [-0.05, 0) is 27.7 Å². The quantitative estimate of drug-likeness (QED) is 0.868. The topological polar surface area (TPSA) is 90.4 Å². The first-order valence-corrected chi connectivity index (χ1v) is 6.27. The molecule has 0 aliphatic carbocycles. The van der Waals surface area contributed by atoms with Crippen LogP contribution in [0, 0.1) is 6.92 Å². The second-order valence-electron chi connectivity index (χ2n) is 5.94. The Morgan fingerprint density at radius 1 is 1.47 bits per heavy atom. The molecule has 0 fully saturated rings. The van der Waals surface area contributed by atoms with Crippen molar-refractivity contribution in [3.63, 3.8) is 0 Å². The molecule has 3 N–H and O–H groups in total. The summed E-state index contributed by atoms with van der Waals surface area (Å²) < 4.78 is 10.2. The van der Waals surface area contributed by atoms with Gasteiger partial charge in [0.25, 0.3) is 0 Å². The van der Waals surface area contributed by atoms with E-state index >= 15 is 0 Å². The third-order valence-electron chi connectivity index (χ3n) is 2.72. The number of nitrogens with zero attached hydrogens (tertiary/aromatic N) is 1. The summed E-state index contributed by atoms with van der Waals surface area (Å²) in [7, 11) is 0. The summed E-state index contributed by atoms with van der Waals surface area (Å²) in [5.41, 5.74) is 5.52. The molecule has 6 heteroatoms. The van der Waals surface area contributed by atoms with Crippen LogP contribution in [0.2, 0.25) is 0 Å². The number of nitrogens with two attached hydrogens (primary N) is 1. The summed E-state index contributed by atoms with van der Waals surface area (Å²) in [6, 6.07) is 1.82. The molecule has 0 spiro atoms. The van der Waals surface area contributed by atoms with E-state index in [2.05, 4.69) is 10.5 Å². The lowest BCUT2D eigenvalue weighted by Crippen LogP contribution is -2.45. The zero-order chi connectivity index (χ0) is 14.7. The van der Waals surface area contributed by atoms with E-state index in [4.69, 9.17) is 15.0 Å². The highest BCUT2D eigenvalue weighted by molar-refractivity contribution is 5.67. The molecule has 0 radical (unpaired) electrons. The SMILES string of the molecule is Cc1cc(C(C)(CN)CNC(=O)OC(C)(C)C)no1. The van der Waals surface area contributed by atoms with Gasteiger partial charge in [0, 0.05) is 24.6 Å². The number of amides is 1. The van der Waals surface area contributed by atoms with Crippen molar-refractivity contribution < 1.29 is 14.1 Å². The van der Waals surface area contributed by atoms with Crippen molar-refractivity contribution >= 4 is 6.09 Å². The molecule has 0 saturated heterocycles. The Bertz CT molecular complexity index is 437. The Morgan fingerprint density at radius 3 is 2.53 bits per heavy atom. The first-order chi connectivity index (χ1) is 8.66. The summed E-state index contributed by atoms with van der Waals surface area (Å²) in [4.78, 5) is 11.6. The summed E-state index contributed by atoms with van der Waals surface area (Å²) in [5.74, 6) is 0.715. The third kappa shape index (κ3) is 4.55. The van der Waals surface area contributed by atoms with Crippen LogP contribution in [0.1, 0.15) is 39.1 Å². The van der Waals surface area contributed by atoms with Gasteiger partial charge in [0.2, 0.25) is 0 Å². The van der Waals surface area contributed by atoms with Crippen LogP contribution < -0.4 is 11.1 Å². The van der Waals surface area contributed by atoms with Gasteiger partial charge in [-0.25, -0.2) is 4.79 Å². The first-order valence-electron chi connectivity index (χ1n) is 6.27. The van der Waals surface area contributed by atoms with Crippen molar-refractivity contribution in [1.82, 2.24) is 10.5 Å². The van der Waals surface area contributed by atoms with Crippen LogP contribution >= 0.6 is 0 Å². The average molecular weight is 269 g/mol. The average Bonchev–Trinajstić information content (AvgIpc) is 2.71. The predicted molar refractivity (Wildman–Crippen MR) is 71.9 cm³/mol. The third-order valence-corrected chi connectivity index (χ3v) is 2.72. The maximum Gasteiger partial charge on any atom is 0.407 e. The minimum atomic E-state index is -0.520. The molecule has 1 rings (SSSR count). The number of hydrogen-bond acceptors (Lipinski definition) is 5. The Hall–Kier alpha value is -1.56. The van der Waals surface area contributed by atoms with E-state index in [-0.39, 0.29) is 0 Å². The zero-order valence-electron chi connectivity index (χ0n) is 12.2. The van der Waals surface area contributed by atoms with Crippen LogP contribution in [0.15, 0.2) is 10.6 Å². The highest BCUT2D eigenvalue weighted by atomic mass is 16.6. The normalized spacial score (nSPS) is 14.8. The maximum absolute atomic E-state index is 11.6. The van der Waals surface area contributed by atoms with E-state index in [1.807, 2.05) is 40.7 Å². The zero-order valence-corrected chi connectivity index (χ0v) is 12.2. The number of nitrogens with one attached hydrogen (secondary N) is 1. The largest absolute Gasteiger partial charge is 0.444 e. The number of aromatic nitrogens is 1. The highest BCUT2D eigenvalue weighted by Gasteiger charge is 2.30. The van der Waals surface area contributed by atoms with Gasteiger partial charge in [0.15, 0.2) is 0 Å². The molecule has 108 valence electrons. The molecule has 19 heavy (non-hydrogen) atoms. The molecular formula is C13H23N3O3. The Balaban J connectivity index is 2.65. The number of rotatable bonds is 4. The number of carbonyl (C=O) groups is 1. The van der Waals surface area contributed by atoms with E-state index in [9.17, 15) is 4.79 Å². The number of carbonyl (C=O) groups excluding carboxylic acids is 1. The van der Waals surface area contributed by atoms with Crippen molar-refractivity contribution in [3.05, 3.63) is 17.5 Å². The summed E-state index contributed by atoms with van der Waals surface area (Å²) >= 11 is 0. The fourth-order valence-corrected chi connectivity index (χ4v) is 1.50. The fourth-order valence-electron chi connectivity index (χ4n) is 1.50. The van der Waals surface area contributed by atoms with Gasteiger partial charge in [-0.1, -0.05) is 12.1 Å². The predicted octanol–water partition coefficient (Wildman–Crippen LogP) is 1.72. The van der Waals surface area contributed by atoms with Gasteiger partial charge in [0.05, 0.1) is 5.69 Å². The molecule has 0 saturated carbocycles.